The third-order valence-corrected chi connectivity index (χ3v) is 2.59. The van der Waals surface area contributed by atoms with Crippen molar-refractivity contribution in [1.29, 1.82) is 0 Å². The maximum atomic E-state index is 5.95. The van der Waals surface area contributed by atoms with Crippen LogP contribution in [-0.4, -0.2) is 26.4 Å². The molecule has 6 nitrogen and oxygen atoms in total. The molecule has 90 valence electrons. The van der Waals surface area contributed by atoms with E-state index >= 15 is 0 Å². The van der Waals surface area contributed by atoms with Crippen LogP contribution in [0.25, 0.3) is 5.82 Å². The molecule has 7 heteroatoms. The van der Waals surface area contributed by atoms with Crippen LogP contribution in [0.5, 0.6) is 5.88 Å². The number of hydrogen-bond acceptors (Lipinski definition) is 5. The van der Waals surface area contributed by atoms with E-state index in [1.54, 1.807) is 10.9 Å². The number of nitrogens with two attached hydrogens (primary N) is 1. The normalized spacial score (nSPS) is 10.5. The molecular weight excluding hydrogens is 333 g/mol. The molecular formula is C10H12IN5O. The van der Waals surface area contributed by atoms with Crippen LogP contribution in [0.3, 0.4) is 0 Å². The van der Waals surface area contributed by atoms with E-state index in [1.165, 1.54) is 6.33 Å². The maximum absolute atomic E-state index is 5.95. The summed E-state index contributed by atoms with van der Waals surface area (Å²) >= 11 is 2.17. The van der Waals surface area contributed by atoms with Crippen molar-refractivity contribution in [3.63, 3.8) is 0 Å². The lowest BCUT2D eigenvalue weighted by Crippen LogP contribution is -2.08. The van der Waals surface area contributed by atoms with Gasteiger partial charge >= 0.3 is 0 Å². The second-order valence-corrected chi connectivity index (χ2v) is 4.61. The lowest BCUT2D eigenvalue weighted by Gasteiger charge is -2.09. The van der Waals surface area contributed by atoms with Gasteiger partial charge in [-0.2, -0.15) is 10.1 Å². The maximum Gasteiger partial charge on any atom is 0.242 e. The molecule has 0 aliphatic rings. The second-order valence-electron chi connectivity index (χ2n) is 3.37. The molecule has 0 fully saturated rings. The van der Waals surface area contributed by atoms with Crippen molar-refractivity contribution < 1.29 is 4.74 Å². The van der Waals surface area contributed by atoms with Crippen LogP contribution in [0.1, 0.15) is 13.3 Å². The van der Waals surface area contributed by atoms with Gasteiger partial charge in [-0.3, -0.25) is 0 Å². The topological polar surface area (TPSA) is 78.9 Å². The number of anilines is 1. The van der Waals surface area contributed by atoms with Gasteiger partial charge < -0.3 is 10.5 Å². The van der Waals surface area contributed by atoms with E-state index in [1.807, 2.05) is 13.1 Å². The molecule has 2 N–H and O–H groups in total. The van der Waals surface area contributed by atoms with Gasteiger partial charge in [0.1, 0.15) is 12.0 Å². The Morgan fingerprint density at radius 2 is 2.29 bits per heavy atom. The van der Waals surface area contributed by atoms with Crippen molar-refractivity contribution in [1.82, 2.24) is 19.7 Å². The molecule has 0 radical (unpaired) electrons. The van der Waals surface area contributed by atoms with Crippen LogP contribution in [0, 0.1) is 3.57 Å². The largest absolute Gasteiger partial charge is 0.476 e. The molecule has 0 unspecified atom stereocenters. The monoisotopic (exact) mass is 345 g/mol. The average Bonchev–Trinajstić information content (AvgIpc) is 2.74. The van der Waals surface area contributed by atoms with Gasteiger partial charge in [0.2, 0.25) is 5.88 Å². The molecule has 2 heterocycles. The highest BCUT2D eigenvalue weighted by molar-refractivity contribution is 14.1. The summed E-state index contributed by atoms with van der Waals surface area (Å²) in [6.45, 7) is 2.60. The number of halogens is 1. The lowest BCUT2D eigenvalue weighted by atomic mass is 10.4. The van der Waals surface area contributed by atoms with E-state index in [0.717, 1.165) is 9.99 Å². The van der Waals surface area contributed by atoms with Gasteiger partial charge in [-0.05, 0) is 29.0 Å². The average molecular weight is 345 g/mol. The minimum Gasteiger partial charge on any atom is -0.476 e. The highest BCUT2D eigenvalue weighted by Crippen LogP contribution is 2.23. The van der Waals surface area contributed by atoms with Crippen molar-refractivity contribution in [3.05, 3.63) is 22.3 Å². The molecule has 0 bridgehead atoms. The minimum absolute atomic E-state index is 0.403. The van der Waals surface area contributed by atoms with Crippen LogP contribution < -0.4 is 10.5 Å². The number of nitrogen functional groups attached to an aromatic ring is 1. The lowest BCUT2D eigenvalue weighted by molar-refractivity contribution is 0.306. The highest BCUT2D eigenvalue weighted by Gasteiger charge is 2.11. The van der Waals surface area contributed by atoms with E-state index in [-0.39, 0.29) is 0 Å². The summed E-state index contributed by atoms with van der Waals surface area (Å²) in [7, 11) is 0. The predicted octanol–water partition coefficient (Wildman–Crippen LogP) is 1.64. The molecule has 0 saturated heterocycles. The van der Waals surface area contributed by atoms with E-state index in [0.29, 0.717) is 24.0 Å². The first kappa shape index (κ1) is 12.1. The predicted molar refractivity (Wildman–Crippen MR) is 72.1 cm³/mol. The highest BCUT2D eigenvalue weighted by atomic mass is 127. The summed E-state index contributed by atoms with van der Waals surface area (Å²) in [6.07, 6.45) is 5.89. The van der Waals surface area contributed by atoms with E-state index in [9.17, 15) is 0 Å². The van der Waals surface area contributed by atoms with E-state index in [4.69, 9.17) is 10.5 Å². The van der Waals surface area contributed by atoms with Gasteiger partial charge in [0.25, 0.3) is 0 Å². The smallest absolute Gasteiger partial charge is 0.242 e. The third kappa shape index (κ3) is 2.65. The van der Waals surface area contributed by atoms with E-state index in [2.05, 4.69) is 37.7 Å². The summed E-state index contributed by atoms with van der Waals surface area (Å²) in [5.41, 5.74) is 6.36. The Hall–Kier alpha value is -1.38. The van der Waals surface area contributed by atoms with Crippen molar-refractivity contribution in [2.45, 2.75) is 13.3 Å². The zero-order valence-corrected chi connectivity index (χ0v) is 11.5. The van der Waals surface area contributed by atoms with Gasteiger partial charge in [0.15, 0.2) is 5.82 Å². The van der Waals surface area contributed by atoms with Crippen LogP contribution >= 0.6 is 22.6 Å². The van der Waals surface area contributed by atoms with Gasteiger partial charge in [-0.15, -0.1) is 0 Å². The van der Waals surface area contributed by atoms with Gasteiger partial charge in [-0.25, -0.2) is 9.67 Å². The molecule has 2 aromatic rings. The Morgan fingerprint density at radius 3 is 2.94 bits per heavy atom. The Bertz CT molecular complexity index is 513. The second kappa shape index (κ2) is 5.30. The fourth-order valence-corrected chi connectivity index (χ4v) is 1.67. The van der Waals surface area contributed by atoms with Crippen LogP contribution in [0.2, 0.25) is 0 Å². The third-order valence-electron chi connectivity index (χ3n) is 2.04. The Morgan fingerprint density at radius 1 is 1.47 bits per heavy atom. The summed E-state index contributed by atoms with van der Waals surface area (Å²) in [4.78, 5) is 8.12. The summed E-state index contributed by atoms with van der Waals surface area (Å²) < 4.78 is 8.06. The standard InChI is InChI=1S/C10H12IN5O/c1-2-3-17-10-8(12)9(13-6-14-10)16-5-7(11)4-15-16/h4-6H,2-3,12H2,1H3. The minimum atomic E-state index is 0.403. The SMILES string of the molecule is CCCOc1ncnc(-n2cc(I)cn2)c1N. The number of nitrogens with zero attached hydrogens (tertiary/aromatic N) is 4. The zero-order chi connectivity index (χ0) is 12.3. The Balaban J connectivity index is 2.35. The molecule has 0 spiro atoms. The summed E-state index contributed by atoms with van der Waals surface area (Å²) in [6, 6.07) is 0. The molecule has 2 aromatic heterocycles. The Labute approximate surface area is 112 Å². The fourth-order valence-electron chi connectivity index (χ4n) is 1.28. The molecule has 0 aliphatic heterocycles. The summed E-state index contributed by atoms with van der Waals surface area (Å²) in [5, 5.41) is 4.15. The number of hydrogen-bond donors (Lipinski definition) is 1. The molecule has 0 atom stereocenters. The zero-order valence-electron chi connectivity index (χ0n) is 9.30. The van der Waals surface area contributed by atoms with Crippen LogP contribution in [-0.2, 0) is 0 Å². The van der Waals surface area contributed by atoms with Crippen LogP contribution in [0.15, 0.2) is 18.7 Å². The molecule has 0 aromatic carbocycles. The first-order valence-corrected chi connectivity index (χ1v) is 6.24. The van der Waals surface area contributed by atoms with Crippen molar-refractivity contribution >= 4 is 28.3 Å². The van der Waals surface area contributed by atoms with Crippen molar-refractivity contribution in [2.24, 2.45) is 0 Å². The number of aromatic nitrogens is 4. The summed E-state index contributed by atoms with van der Waals surface area (Å²) in [5.74, 6) is 0.941. The molecule has 2 rings (SSSR count). The van der Waals surface area contributed by atoms with Crippen molar-refractivity contribution in [2.75, 3.05) is 12.3 Å². The molecule has 0 amide bonds. The Kier molecular flexibility index (Phi) is 3.77. The molecule has 0 saturated carbocycles. The molecule has 0 aliphatic carbocycles. The quantitative estimate of drug-likeness (QED) is 0.853. The fraction of sp³-hybridized carbons (Fsp3) is 0.300. The molecule has 17 heavy (non-hydrogen) atoms. The van der Waals surface area contributed by atoms with Crippen LogP contribution in [0.4, 0.5) is 5.69 Å². The van der Waals surface area contributed by atoms with E-state index < -0.39 is 0 Å². The van der Waals surface area contributed by atoms with Gasteiger partial charge in [0.05, 0.1) is 16.4 Å². The van der Waals surface area contributed by atoms with Gasteiger partial charge in [0, 0.05) is 6.20 Å². The first-order chi connectivity index (χ1) is 8.22. The van der Waals surface area contributed by atoms with Crippen molar-refractivity contribution in [3.8, 4) is 11.7 Å². The number of rotatable bonds is 4. The van der Waals surface area contributed by atoms with Gasteiger partial charge in [-0.1, -0.05) is 6.92 Å². The first-order valence-electron chi connectivity index (χ1n) is 5.16. The number of ether oxygens (including phenoxy) is 1.